The van der Waals surface area contributed by atoms with Crippen LogP contribution in [-0.2, 0) is 0 Å². The summed E-state index contributed by atoms with van der Waals surface area (Å²) in [5.41, 5.74) is 0.0795. The zero-order valence-electron chi connectivity index (χ0n) is 9.49. The average Bonchev–Trinajstić information content (AvgIpc) is 1.96. The fraction of sp³-hybridized carbons (Fsp3) is 1.00. The summed E-state index contributed by atoms with van der Waals surface area (Å²) < 4.78 is 36.6. The van der Waals surface area contributed by atoms with Crippen molar-refractivity contribution in [2.24, 2.45) is 5.41 Å². The van der Waals surface area contributed by atoms with Crippen molar-refractivity contribution in [1.82, 2.24) is 4.90 Å². The van der Waals surface area contributed by atoms with E-state index in [9.17, 15) is 13.2 Å². The third kappa shape index (κ3) is 10.5. The van der Waals surface area contributed by atoms with Crippen LogP contribution >= 0.6 is 15.9 Å². The molecule has 1 nitrogen and oxygen atoms in total. The molecule has 0 fully saturated rings. The van der Waals surface area contributed by atoms with Crippen LogP contribution in [-0.4, -0.2) is 36.0 Å². The lowest BCUT2D eigenvalue weighted by molar-refractivity contribution is -0.145. The van der Waals surface area contributed by atoms with Crippen LogP contribution < -0.4 is 0 Å². The number of hydrogen-bond acceptors (Lipinski definition) is 1. The predicted molar refractivity (Wildman–Crippen MR) is 60.4 cm³/mol. The van der Waals surface area contributed by atoms with Crippen LogP contribution in [0.3, 0.4) is 0 Å². The summed E-state index contributed by atoms with van der Waals surface area (Å²) in [5.74, 6) is 0. The highest BCUT2D eigenvalue weighted by atomic mass is 79.9. The summed E-state index contributed by atoms with van der Waals surface area (Å²) in [7, 11) is 0. The van der Waals surface area contributed by atoms with Crippen LogP contribution in [0.4, 0.5) is 13.2 Å². The van der Waals surface area contributed by atoms with E-state index < -0.39 is 12.7 Å². The summed E-state index contributed by atoms with van der Waals surface area (Å²) in [5, 5.41) is 0.577. The van der Waals surface area contributed by atoms with Crippen LogP contribution in [0.2, 0.25) is 0 Å². The zero-order valence-corrected chi connectivity index (χ0v) is 11.1. The van der Waals surface area contributed by atoms with Gasteiger partial charge < -0.3 is 0 Å². The average molecular weight is 290 g/mol. The molecule has 0 aliphatic heterocycles. The molecule has 0 saturated heterocycles. The Kier molecular flexibility index (Phi) is 6.18. The van der Waals surface area contributed by atoms with Crippen LogP contribution in [0.1, 0.15) is 27.2 Å². The van der Waals surface area contributed by atoms with Gasteiger partial charge in [0.05, 0.1) is 6.54 Å². The van der Waals surface area contributed by atoms with Crippen molar-refractivity contribution in [1.29, 1.82) is 0 Å². The lowest BCUT2D eigenvalue weighted by Gasteiger charge is -2.26. The maximum Gasteiger partial charge on any atom is 0.401 e. The molecule has 0 aliphatic carbocycles. The second kappa shape index (κ2) is 6.09. The number of rotatable bonds is 5. The van der Waals surface area contributed by atoms with Crippen molar-refractivity contribution in [3.05, 3.63) is 0 Å². The van der Waals surface area contributed by atoms with Crippen LogP contribution in [0, 0.1) is 5.41 Å². The Morgan fingerprint density at radius 1 is 1.07 bits per heavy atom. The molecule has 0 amide bonds. The molecule has 0 bridgehead atoms. The molecule has 0 radical (unpaired) electrons. The SMILES string of the molecule is CC(C)(C)CCN(CCBr)CC(F)(F)F. The van der Waals surface area contributed by atoms with E-state index in [0.29, 0.717) is 18.4 Å². The Bertz CT molecular complexity index is 174. The van der Waals surface area contributed by atoms with Crippen molar-refractivity contribution < 1.29 is 13.2 Å². The molecule has 0 N–H and O–H groups in total. The molecule has 0 rings (SSSR count). The molecule has 0 aromatic heterocycles. The van der Waals surface area contributed by atoms with Gasteiger partial charge in [-0.3, -0.25) is 4.90 Å². The molecule has 15 heavy (non-hydrogen) atoms. The summed E-state index contributed by atoms with van der Waals surface area (Å²) in [6.07, 6.45) is -3.32. The fourth-order valence-electron chi connectivity index (χ4n) is 1.14. The molecular weight excluding hydrogens is 271 g/mol. The molecule has 0 spiro atoms. The van der Waals surface area contributed by atoms with Gasteiger partial charge in [0.25, 0.3) is 0 Å². The third-order valence-electron chi connectivity index (χ3n) is 1.98. The van der Waals surface area contributed by atoms with E-state index in [4.69, 9.17) is 0 Å². The summed E-state index contributed by atoms with van der Waals surface area (Å²) >= 11 is 3.17. The first kappa shape index (κ1) is 15.2. The fourth-order valence-corrected chi connectivity index (χ4v) is 1.64. The van der Waals surface area contributed by atoms with Gasteiger partial charge in [0, 0.05) is 11.9 Å². The molecule has 0 aromatic carbocycles. The topological polar surface area (TPSA) is 3.24 Å². The summed E-state index contributed by atoms with van der Waals surface area (Å²) in [6.45, 7) is 6.23. The van der Waals surface area contributed by atoms with Gasteiger partial charge in [-0.05, 0) is 18.4 Å². The van der Waals surface area contributed by atoms with Gasteiger partial charge in [-0.1, -0.05) is 36.7 Å². The molecule has 0 unspecified atom stereocenters. The molecule has 92 valence electrons. The molecule has 0 heterocycles. The van der Waals surface area contributed by atoms with E-state index in [1.54, 1.807) is 0 Å². The van der Waals surface area contributed by atoms with Crippen molar-refractivity contribution >= 4 is 15.9 Å². The lowest BCUT2D eigenvalue weighted by atomic mass is 9.92. The highest BCUT2D eigenvalue weighted by Gasteiger charge is 2.30. The van der Waals surface area contributed by atoms with Gasteiger partial charge in [-0.15, -0.1) is 0 Å². The van der Waals surface area contributed by atoms with Gasteiger partial charge in [-0.25, -0.2) is 0 Å². The first-order chi connectivity index (χ1) is 6.64. The van der Waals surface area contributed by atoms with Gasteiger partial charge in [0.2, 0.25) is 0 Å². The Hall–Kier alpha value is 0.230. The van der Waals surface area contributed by atoms with Crippen LogP contribution in [0.25, 0.3) is 0 Å². The largest absolute Gasteiger partial charge is 0.401 e. The first-order valence-corrected chi connectivity index (χ1v) is 6.11. The Morgan fingerprint density at radius 3 is 1.93 bits per heavy atom. The number of alkyl halides is 4. The Labute approximate surface area is 98.1 Å². The first-order valence-electron chi connectivity index (χ1n) is 4.99. The summed E-state index contributed by atoms with van der Waals surface area (Å²) in [4.78, 5) is 1.44. The zero-order chi connectivity index (χ0) is 12.1. The van der Waals surface area contributed by atoms with Crippen molar-refractivity contribution in [2.45, 2.75) is 33.4 Å². The smallest absolute Gasteiger partial charge is 0.294 e. The van der Waals surface area contributed by atoms with Gasteiger partial charge in [0.15, 0.2) is 0 Å². The molecule has 0 aromatic rings. The van der Waals surface area contributed by atoms with Crippen molar-refractivity contribution in [3.63, 3.8) is 0 Å². The van der Waals surface area contributed by atoms with Gasteiger partial charge in [-0.2, -0.15) is 13.2 Å². The van der Waals surface area contributed by atoms with E-state index in [1.165, 1.54) is 4.90 Å². The minimum atomic E-state index is -4.10. The molecular formula is C10H19BrF3N. The molecule has 0 aliphatic rings. The number of nitrogens with zero attached hydrogens (tertiary/aromatic N) is 1. The highest BCUT2D eigenvalue weighted by Crippen LogP contribution is 2.21. The van der Waals surface area contributed by atoms with Gasteiger partial charge in [0.1, 0.15) is 0 Å². The summed E-state index contributed by atoms with van der Waals surface area (Å²) in [6, 6.07) is 0. The van der Waals surface area contributed by atoms with Crippen molar-refractivity contribution in [3.8, 4) is 0 Å². The van der Waals surface area contributed by atoms with E-state index in [1.807, 2.05) is 20.8 Å². The van der Waals surface area contributed by atoms with E-state index in [2.05, 4.69) is 15.9 Å². The quantitative estimate of drug-likeness (QED) is 0.698. The molecule has 0 atom stereocenters. The molecule has 5 heteroatoms. The number of halogens is 4. The van der Waals surface area contributed by atoms with E-state index in [0.717, 1.165) is 6.42 Å². The lowest BCUT2D eigenvalue weighted by Crippen LogP contribution is -2.37. The maximum atomic E-state index is 12.2. The second-order valence-electron chi connectivity index (χ2n) is 4.89. The highest BCUT2D eigenvalue weighted by molar-refractivity contribution is 9.09. The minimum absolute atomic E-state index is 0.0795. The normalized spacial score (nSPS) is 13.6. The molecule has 0 saturated carbocycles. The third-order valence-corrected chi connectivity index (χ3v) is 2.34. The van der Waals surface area contributed by atoms with E-state index >= 15 is 0 Å². The van der Waals surface area contributed by atoms with E-state index in [-0.39, 0.29) is 5.41 Å². The van der Waals surface area contributed by atoms with Crippen molar-refractivity contribution in [2.75, 3.05) is 25.0 Å². The van der Waals surface area contributed by atoms with Crippen LogP contribution in [0.5, 0.6) is 0 Å². The maximum absolute atomic E-state index is 12.2. The standard InChI is InChI=1S/C10H19BrF3N/c1-9(2,3)4-6-15(7-5-11)8-10(12,13)14/h4-8H2,1-3H3. The van der Waals surface area contributed by atoms with Crippen LogP contribution in [0.15, 0.2) is 0 Å². The number of hydrogen-bond donors (Lipinski definition) is 0. The van der Waals surface area contributed by atoms with Gasteiger partial charge >= 0.3 is 6.18 Å². The monoisotopic (exact) mass is 289 g/mol. The Balaban J connectivity index is 4.05. The predicted octanol–water partition coefficient (Wildman–Crippen LogP) is 3.68. The second-order valence-corrected chi connectivity index (χ2v) is 5.68. The minimum Gasteiger partial charge on any atom is -0.294 e. The Morgan fingerprint density at radius 2 is 1.60 bits per heavy atom.